The molecule has 102 valence electrons. The van der Waals surface area contributed by atoms with Crippen LogP contribution in [0, 0.1) is 5.82 Å². The van der Waals surface area contributed by atoms with Crippen LogP contribution >= 0.6 is 0 Å². The molecule has 1 aliphatic heterocycles. The van der Waals surface area contributed by atoms with Crippen molar-refractivity contribution in [3.63, 3.8) is 0 Å². The number of nitrogen functional groups attached to an aromatic ring is 1. The number of carbonyl (C=O) groups excluding carboxylic acids is 1. The van der Waals surface area contributed by atoms with Crippen LogP contribution in [0.2, 0.25) is 0 Å². The summed E-state index contributed by atoms with van der Waals surface area (Å²) < 4.78 is 14.2. The van der Waals surface area contributed by atoms with Crippen molar-refractivity contribution in [1.82, 2.24) is 10.3 Å². The van der Waals surface area contributed by atoms with Gasteiger partial charge in [-0.25, -0.2) is 9.37 Å². The quantitative estimate of drug-likeness (QED) is 0.878. The molecule has 0 spiro atoms. The average molecular weight is 271 g/mol. The molecule has 4 nitrogen and oxygen atoms in total. The van der Waals surface area contributed by atoms with Gasteiger partial charge in [0.1, 0.15) is 11.6 Å². The molecule has 1 aliphatic rings. The summed E-state index contributed by atoms with van der Waals surface area (Å²) in [6.45, 7) is 0.643. The van der Waals surface area contributed by atoms with E-state index < -0.39 is 0 Å². The SMILES string of the molecule is Nc1cccc(-c2ccc(C3CCNC3=O)cc2F)n1. The summed E-state index contributed by atoms with van der Waals surface area (Å²) >= 11 is 0. The predicted molar refractivity (Wildman–Crippen MR) is 74.4 cm³/mol. The predicted octanol–water partition coefficient (Wildman–Crippen LogP) is 2.07. The zero-order valence-corrected chi connectivity index (χ0v) is 10.8. The highest BCUT2D eigenvalue weighted by Gasteiger charge is 2.26. The second-order valence-electron chi connectivity index (χ2n) is 4.82. The van der Waals surface area contributed by atoms with Gasteiger partial charge < -0.3 is 11.1 Å². The number of halogens is 1. The molecule has 1 unspecified atom stereocenters. The molecule has 1 fully saturated rings. The normalized spacial score (nSPS) is 18.1. The van der Waals surface area contributed by atoms with Crippen LogP contribution in [0.15, 0.2) is 36.4 Å². The average Bonchev–Trinajstić information content (AvgIpc) is 2.85. The monoisotopic (exact) mass is 271 g/mol. The Morgan fingerprint density at radius 1 is 1.30 bits per heavy atom. The first kappa shape index (κ1) is 12.6. The third-order valence-corrected chi connectivity index (χ3v) is 3.49. The van der Waals surface area contributed by atoms with Crippen LogP contribution < -0.4 is 11.1 Å². The van der Waals surface area contributed by atoms with Crippen molar-refractivity contribution in [2.75, 3.05) is 12.3 Å². The van der Waals surface area contributed by atoms with Crippen molar-refractivity contribution in [1.29, 1.82) is 0 Å². The highest BCUT2D eigenvalue weighted by atomic mass is 19.1. The summed E-state index contributed by atoms with van der Waals surface area (Å²) in [7, 11) is 0. The first-order chi connectivity index (χ1) is 9.65. The molecule has 2 heterocycles. The molecule has 1 aromatic heterocycles. The molecular formula is C15H14FN3O. The molecule has 1 saturated heterocycles. The number of nitrogens with one attached hydrogen (secondary N) is 1. The number of carbonyl (C=O) groups is 1. The molecule has 3 N–H and O–H groups in total. The van der Waals surface area contributed by atoms with Gasteiger partial charge >= 0.3 is 0 Å². The lowest BCUT2D eigenvalue weighted by Gasteiger charge is -2.10. The van der Waals surface area contributed by atoms with Crippen LogP contribution in [-0.4, -0.2) is 17.4 Å². The van der Waals surface area contributed by atoms with Gasteiger partial charge in [0.2, 0.25) is 5.91 Å². The summed E-state index contributed by atoms with van der Waals surface area (Å²) in [6, 6.07) is 9.93. The Balaban J connectivity index is 1.97. The van der Waals surface area contributed by atoms with Gasteiger partial charge in [0.25, 0.3) is 0 Å². The van der Waals surface area contributed by atoms with Crippen LogP contribution in [0.1, 0.15) is 17.9 Å². The minimum atomic E-state index is -0.389. The molecule has 0 bridgehead atoms. The number of nitrogens with two attached hydrogens (primary N) is 1. The number of hydrogen-bond donors (Lipinski definition) is 2. The lowest BCUT2D eigenvalue weighted by molar-refractivity contribution is -0.120. The van der Waals surface area contributed by atoms with Crippen molar-refractivity contribution in [2.24, 2.45) is 0 Å². The molecular weight excluding hydrogens is 257 g/mol. The van der Waals surface area contributed by atoms with Gasteiger partial charge in [-0.2, -0.15) is 0 Å². The van der Waals surface area contributed by atoms with E-state index in [0.717, 1.165) is 0 Å². The molecule has 5 heteroatoms. The van der Waals surface area contributed by atoms with E-state index in [4.69, 9.17) is 5.73 Å². The largest absolute Gasteiger partial charge is 0.384 e. The van der Waals surface area contributed by atoms with Gasteiger partial charge in [-0.1, -0.05) is 12.1 Å². The summed E-state index contributed by atoms with van der Waals surface area (Å²) in [5, 5.41) is 2.75. The first-order valence-electron chi connectivity index (χ1n) is 6.45. The third kappa shape index (κ3) is 2.22. The molecule has 0 radical (unpaired) electrons. The standard InChI is InChI=1S/C15H14FN3O/c16-12-8-9(10-6-7-18-15(10)20)4-5-11(12)13-2-1-3-14(17)19-13/h1-5,8,10H,6-7H2,(H2,17,19)(H,18,20). The molecule has 3 rings (SSSR count). The zero-order chi connectivity index (χ0) is 14.1. The molecule has 2 aromatic rings. The Hall–Kier alpha value is -2.43. The van der Waals surface area contributed by atoms with Crippen LogP contribution in [0.4, 0.5) is 10.2 Å². The molecule has 0 saturated carbocycles. The fourth-order valence-electron chi connectivity index (χ4n) is 2.47. The maximum atomic E-state index is 14.2. The van der Waals surface area contributed by atoms with Crippen molar-refractivity contribution in [2.45, 2.75) is 12.3 Å². The number of benzene rings is 1. The Kier molecular flexibility index (Phi) is 3.10. The van der Waals surface area contributed by atoms with Gasteiger partial charge in [-0.15, -0.1) is 0 Å². The van der Waals surface area contributed by atoms with E-state index in [-0.39, 0.29) is 17.6 Å². The molecule has 1 atom stereocenters. The lowest BCUT2D eigenvalue weighted by atomic mass is 9.95. The molecule has 20 heavy (non-hydrogen) atoms. The topological polar surface area (TPSA) is 68.0 Å². The van der Waals surface area contributed by atoms with E-state index in [1.54, 1.807) is 30.3 Å². The number of anilines is 1. The van der Waals surface area contributed by atoms with Gasteiger partial charge in [0.05, 0.1) is 11.6 Å². The van der Waals surface area contributed by atoms with E-state index in [1.807, 2.05) is 0 Å². The summed E-state index contributed by atoms with van der Waals surface area (Å²) in [5.74, 6) is -0.340. The minimum absolute atomic E-state index is 0.0424. The minimum Gasteiger partial charge on any atom is -0.384 e. The van der Waals surface area contributed by atoms with Crippen LogP contribution in [0.25, 0.3) is 11.3 Å². The number of rotatable bonds is 2. The van der Waals surface area contributed by atoms with Crippen molar-refractivity contribution < 1.29 is 9.18 Å². The highest BCUT2D eigenvalue weighted by Crippen LogP contribution is 2.28. The first-order valence-corrected chi connectivity index (χ1v) is 6.45. The fourth-order valence-corrected chi connectivity index (χ4v) is 2.47. The van der Waals surface area contributed by atoms with Crippen molar-refractivity contribution in [3.05, 3.63) is 47.8 Å². The van der Waals surface area contributed by atoms with E-state index in [2.05, 4.69) is 10.3 Å². The third-order valence-electron chi connectivity index (χ3n) is 3.49. The van der Waals surface area contributed by atoms with Gasteiger partial charge in [0.15, 0.2) is 0 Å². The van der Waals surface area contributed by atoms with Crippen molar-refractivity contribution in [3.8, 4) is 11.3 Å². The Labute approximate surface area is 115 Å². The maximum Gasteiger partial charge on any atom is 0.227 e. The number of nitrogens with zero attached hydrogens (tertiary/aromatic N) is 1. The van der Waals surface area contributed by atoms with Gasteiger partial charge in [-0.3, -0.25) is 4.79 Å². The van der Waals surface area contributed by atoms with E-state index in [1.165, 1.54) is 6.07 Å². The maximum absolute atomic E-state index is 14.2. The van der Waals surface area contributed by atoms with E-state index in [9.17, 15) is 9.18 Å². The number of aromatic nitrogens is 1. The van der Waals surface area contributed by atoms with Gasteiger partial charge in [0, 0.05) is 12.1 Å². The number of amides is 1. The Bertz CT molecular complexity index is 672. The van der Waals surface area contributed by atoms with Gasteiger partial charge in [-0.05, 0) is 36.2 Å². The fraction of sp³-hybridized carbons (Fsp3) is 0.200. The summed E-state index contributed by atoms with van der Waals surface area (Å²) in [5.41, 5.74) is 7.19. The number of hydrogen-bond acceptors (Lipinski definition) is 3. The van der Waals surface area contributed by atoms with Crippen LogP contribution in [0.5, 0.6) is 0 Å². The van der Waals surface area contributed by atoms with E-state index in [0.29, 0.717) is 35.6 Å². The Morgan fingerprint density at radius 2 is 2.15 bits per heavy atom. The Morgan fingerprint density at radius 3 is 2.80 bits per heavy atom. The second-order valence-corrected chi connectivity index (χ2v) is 4.82. The number of pyridine rings is 1. The van der Waals surface area contributed by atoms with Crippen LogP contribution in [-0.2, 0) is 4.79 Å². The zero-order valence-electron chi connectivity index (χ0n) is 10.8. The molecule has 0 aliphatic carbocycles. The van der Waals surface area contributed by atoms with Crippen LogP contribution in [0.3, 0.4) is 0 Å². The second kappa shape index (κ2) is 4.92. The lowest BCUT2D eigenvalue weighted by Crippen LogP contribution is -2.17. The summed E-state index contributed by atoms with van der Waals surface area (Å²) in [6.07, 6.45) is 0.703. The van der Waals surface area contributed by atoms with E-state index >= 15 is 0 Å². The van der Waals surface area contributed by atoms with Crippen molar-refractivity contribution >= 4 is 11.7 Å². The molecule has 1 aromatic carbocycles. The smallest absolute Gasteiger partial charge is 0.227 e. The molecule has 1 amide bonds. The summed E-state index contributed by atoms with van der Waals surface area (Å²) in [4.78, 5) is 15.7. The highest BCUT2D eigenvalue weighted by molar-refractivity contribution is 5.85.